The minimum Gasteiger partial charge on any atom is -0.493 e. The van der Waals surface area contributed by atoms with Crippen LogP contribution in [0.1, 0.15) is 47.8 Å². The van der Waals surface area contributed by atoms with Gasteiger partial charge in [-0.25, -0.2) is 19.2 Å². The number of imidazole rings is 2. The SMILES string of the molecule is C#CC1=Cc2c(ncn2-c2ncc3c(n2)n([C@@H]2CCOc4c(C)ccc(F)c42)c(=O)n3CCCN(C)C)CC1. The Morgan fingerprint density at radius 3 is 2.90 bits per heavy atom. The topological polar surface area (TPSA) is 83.0 Å². The first kappa shape index (κ1) is 25.1. The predicted octanol–water partition coefficient (Wildman–Crippen LogP) is 3.51. The highest BCUT2D eigenvalue weighted by atomic mass is 19.1. The molecule has 0 fully saturated rings. The van der Waals surface area contributed by atoms with Gasteiger partial charge in [0.05, 0.1) is 35.8 Å². The lowest BCUT2D eigenvalue weighted by Crippen LogP contribution is -2.32. The number of rotatable bonds is 6. The summed E-state index contributed by atoms with van der Waals surface area (Å²) >= 11 is 0. The van der Waals surface area contributed by atoms with Crippen molar-refractivity contribution in [1.82, 2.24) is 33.6 Å². The smallest absolute Gasteiger partial charge is 0.330 e. The van der Waals surface area contributed by atoms with E-state index in [1.54, 1.807) is 32.3 Å². The van der Waals surface area contributed by atoms with Gasteiger partial charge in [0.2, 0.25) is 5.95 Å². The quantitative estimate of drug-likeness (QED) is 0.357. The Kier molecular flexibility index (Phi) is 6.31. The maximum Gasteiger partial charge on any atom is 0.330 e. The molecule has 1 atom stereocenters. The number of nitrogens with zero attached hydrogens (tertiary/aromatic N) is 7. The van der Waals surface area contributed by atoms with Gasteiger partial charge in [0, 0.05) is 18.5 Å². The third-order valence-corrected chi connectivity index (χ3v) is 7.53. The number of allylic oxidation sites excluding steroid dienone is 1. The van der Waals surface area contributed by atoms with Crippen molar-refractivity contribution in [2.75, 3.05) is 27.2 Å². The second-order valence-electron chi connectivity index (χ2n) is 10.4. The van der Waals surface area contributed by atoms with Crippen molar-refractivity contribution in [2.45, 2.75) is 45.2 Å². The van der Waals surface area contributed by atoms with Crippen LogP contribution in [0.25, 0.3) is 23.2 Å². The van der Waals surface area contributed by atoms with Gasteiger partial charge in [-0.15, -0.1) is 6.42 Å². The van der Waals surface area contributed by atoms with Crippen LogP contribution in [0.5, 0.6) is 5.75 Å². The van der Waals surface area contributed by atoms with Crippen LogP contribution in [0, 0.1) is 25.1 Å². The summed E-state index contributed by atoms with van der Waals surface area (Å²) in [6, 6.07) is 2.57. The van der Waals surface area contributed by atoms with Crippen molar-refractivity contribution in [1.29, 1.82) is 0 Å². The van der Waals surface area contributed by atoms with E-state index in [4.69, 9.17) is 16.1 Å². The number of terminal acetylenes is 1. The molecule has 0 bridgehead atoms. The fraction of sp³-hybridized carbons (Fsp3) is 0.379. The Hall–Kier alpha value is -4.23. The van der Waals surface area contributed by atoms with E-state index >= 15 is 4.39 Å². The molecule has 1 aliphatic carbocycles. The van der Waals surface area contributed by atoms with E-state index in [0.29, 0.717) is 48.0 Å². The van der Waals surface area contributed by atoms with E-state index in [9.17, 15) is 4.79 Å². The first-order valence-corrected chi connectivity index (χ1v) is 13.2. The fourth-order valence-corrected chi connectivity index (χ4v) is 5.57. The van der Waals surface area contributed by atoms with Crippen LogP contribution in [0.15, 0.2) is 35.0 Å². The van der Waals surface area contributed by atoms with Crippen LogP contribution in [-0.2, 0) is 13.0 Å². The summed E-state index contributed by atoms with van der Waals surface area (Å²) < 4.78 is 26.3. The number of benzene rings is 1. The molecule has 4 heterocycles. The lowest BCUT2D eigenvalue weighted by molar-refractivity contribution is 0.248. The van der Waals surface area contributed by atoms with Crippen molar-refractivity contribution in [3.63, 3.8) is 0 Å². The lowest BCUT2D eigenvalue weighted by Gasteiger charge is -2.28. The highest BCUT2D eigenvalue weighted by molar-refractivity contribution is 5.72. The minimum atomic E-state index is -0.564. The van der Waals surface area contributed by atoms with Crippen molar-refractivity contribution in [3.8, 4) is 24.0 Å². The third kappa shape index (κ3) is 4.23. The van der Waals surface area contributed by atoms with E-state index in [2.05, 4.69) is 20.8 Å². The van der Waals surface area contributed by atoms with Crippen LogP contribution in [0.2, 0.25) is 0 Å². The molecule has 3 aromatic heterocycles. The van der Waals surface area contributed by atoms with Gasteiger partial charge in [-0.3, -0.25) is 13.7 Å². The van der Waals surface area contributed by atoms with Gasteiger partial charge < -0.3 is 9.64 Å². The summed E-state index contributed by atoms with van der Waals surface area (Å²) in [5.41, 5.74) is 4.69. The molecule has 1 aliphatic heterocycles. The molecule has 39 heavy (non-hydrogen) atoms. The Morgan fingerprint density at radius 1 is 1.26 bits per heavy atom. The summed E-state index contributed by atoms with van der Waals surface area (Å²) in [6.45, 7) is 3.56. The van der Waals surface area contributed by atoms with Crippen molar-refractivity contribution >= 4 is 17.2 Å². The number of aromatic nitrogens is 6. The Morgan fingerprint density at radius 2 is 2.10 bits per heavy atom. The van der Waals surface area contributed by atoms with Crippen LogP contribution in [0.3, 0.4) is 0 Å². The molecule has 6 rings (SSSR count). The van der Waals surface area contributed by atoms with Crippen LogP contribution in [0.4, 0.5) is 4.39 Å². The zero-order chi connectivity index (χ0) is 27.3. The molecule has 10 heteroatoms. The highest BCUT2D eigenvalue weighted by Crippen LogP contribution is 2.39. The molecular weight excluding hydrogens is 497 g/mol. The average molecular weight is 528 g/mol. The number of aryl methyl sites for hydroxylation is 3. The molecule has 9 nitrogen and oxygen atoms in total. The number of ether oxygens (including phenoxy) is 1. The monoisotopic (exact) mass is 527 g/mol. The average Bonchev–Trinajstić information content (AvgIpc) is 3.48. The fourth-order valence-electron chi connectivity index (χ4n) is 5.57. The van der Waals surface area contributed by atoms with Gasteiger partial charge in [0.25, 0.3) is 0 Å². The molecule has 0 unspecified atom stereocenters. The van der Waals surface area contributed by atoms with E-state index in [-0.39, 0.29) is 5.69 Å². The Bertz CT molecular complexity index is 1720. The molecule has 0 saturated heterocycles. The van der Waals surface area contributed by atoms with Crippen molar-refractivity contribution in [3.05, 3.63) is 69.0 Å². The van der Waals surface area contributed by atoms with Crippen LogP contribution >= 0.6 is 0 Å². The molecule has 0 amide bonds. The Balaban J connectivity index is 1.55. The number of hydrogen-bond donors (Lipinski definition) is 0. The summed E-state index contributed by atoms with van der Waals surface area (Å²) in [4.78, 5) is 30.2. The molecular formula is C29H30FN7O2. The number of halogens is 1. The van der Waals surface area contributed by atoms with Gasteiger partial charge in [-0.05, 0) is 64.5 Å². The van der Waals surface area contributed by atoms with E-state index in [1.807, 2.05) is 27.1 Å². The van der Waals surface area contributed by atoms with Crippen molar-refractivity contribution in [2.24, 2.45) is 0 Å². The molecule has 0 saturated carbocycles. The molecule has 1 aromatic carbocycles. The largest absolute Gasteiger partial charge is 0.493 e. The van der Waals surface area contributed by atoms with Crippen molar-refractivity contribution < 1.29 is 9.13 Å². The zero-order valence-corrected chi connectivity index (χ0v) is 22.3. The first-order valence-electron chi connectivity index (χ1n) is 13.2. The van der Waals surface area contributed by atoms with Gasteiger partial charge in [-0.2, -0.15) is 4.98 Å². The normalized spacial score (nSPS) is 16.5. The molecule has 2 aliphatic rings. The molecule has 0 spiro atoms. The molecule has 0 radical (unpaired) electrons. The number of hydrogen-bond acceptors (Lipinski definition) is 6. The van der Waals surface area contributed by atoms with E-state index in [0.717, 1.165) is 48.3 Å². The summed E-state index contributed by atoms with van der Waals surface area (Å²) in [5, 5.41) is 0. The maximum atomic E-state index is 15.3. The van der Waals surface area contributed by atoms with E-state index in [1.165, 1.54) is 6.07 Å². The van der Waals surface area contributed by atoms with Crippen LogP contribution in [-0.4, -0.2) is 60.8 Å². The molecule has 4 aromatic rings. The maximum absolute atomic E-state index is 15.3. The second kappa shape index (κ2) is 9.82. The standard InChI is InChI=1S/C29H30FN7O2/c1-5-19-8-10-21-23(15-19)36(17-32-21)28-31-16-24-27(33-28)37(29(38)35(24)13-6-12-34(3)4)22-11-14-39-26-18(2)7-9-20(30)25(22)26/h1,7,9,15-17,22H,6,8,10-14H2,2-4H3/t22-/m1/s1. The van der Waals surface area contributed by atoms with Gasteiger partial charge >= 0.3 is 5.69 Å². The summed E-state index contributed by atoms with van der Waals surface area (Å²) in [5.74, 6) is 3.21. The Labute approximate surface area is 225 Å². The van der Waals surface area contributed by atoms with Gasteiger partial charge in [0.1, 0.15) is 23.4 Å². The highest BCUT2D eigenvalue weighted by Gasteiger charge is 2.32. The predicted molar refractivity (Wildman–Crippen MR) is 147 cm³/mol. The van der Waals surface area contributed by atoms with Gasteiger partial charge in [-0.1, -0.05) is 12.0 Å². The zero-order valence-electron chi connectivity index (χ0n) is 22.3. The number of fused-ring (bicyclic) bond motifs is 3. The lowest BCUT2D eigenvalue weighted by atomic mass is 9.97. The molecule has 0 N–H and O–H groups in total. The molecule has 200 valence electrons. The summed E-state index contributed by atoms with van der Waals surface area (Å²) in [6.07, 6.45) is 13.7. The van der Waals surface area contributed by atoms with E-state index < -0.39 is 11.9 Å². The van der Waals surface area contributed by atoms with Crippen LogP contribution < -0.4 is 10.4 Å². The third-order valence-electron chi connectivity index (χ3n) is 7.53. The summed E-state index contributed by atoms with van der Waals surface area (Å²) in [7, 11) is 3.99. The minimum absolute atomic E-state index is 0.240. The second-order valence-corrected chi connectivity index (χ2v) is 10.4. The van der Waals surface area contributed by atoms with Gasteiger partial charge in [0.15, 0.2) is 5.65 Å². The first-order chi connectivity index (χ1) is 18.9.